The third-order valence-electron chi connectivity index (χ3n) is 4.68. The summed E-state index contributed by atoms with van der Waals surface area (Å²) >= 11 is 0. The van der Waals surface area contributed by atoms with Gasteiger partial charge in [0.25, 0.3) is 0 Å². The zero-order valence-corrected chi connectivity index (χ0v) is 15.8. The standard InChI is InChI=1S/C21H27N3O3/c1-26-16-15-23-11-13-24(14-12-23)20-9-7-19(8-10-20)22-21(25)27-17-18-5-3-2-4-6-18/h2-10H,11-17H2,1H3,(H,22,25). The van der Waals surface area contributed by atoms with E-state index in [-0.39, 0.29) is 6.61 Å². The van der Waals surface area contributed by atoms with Crippen molar-refractivity contribution in [1.82, 2.24) is 4.90 Å². The molecule has 1 fully saturated rings. The lowest BCUT2D eigenvalue weighted by atomic mass is 10.2. The molecule has 0 saturated carbocycles. The van der Waals surface area contributed by atoms with Crippen molar-refractivity contribution in [2.75, 3.05) is 56.7 Å². The van der Waals surface area contributed by atoms with Crippen LogP contribution in [0.1, 0.15) is 5.56 Å². The van der Waals surface area contributed by atoms with Crippen molar-refractivity contribution in [2.45, 2.75) is 6.61 Å². The molecule has 0 spiro atoms. The van der Waals surface area contributed by atoms with Crippen molar-refractivity contribution in [1.29, 1.82) is 0 Å². The largest absolute Gasteiger partial charge is 0.444 e. The molecule has 1 saturated heterocycles. The summed E-state index contributed by atoms with van der Waals surface area (Å²) in [6.07, 6.45) is -0.446. The molecule has 0 bridgehead atoms. The van der Waals surface area contributed by atoms with Gasteiger partial charge in [0.05, 0.1) is 6.61 Å². The second kappa shape index (κ2) is 9.94. The number of anilines is 2. The lowest BCUT2D eigenvalue weighted by Gasteiger charge is -2.36. The van der Waals surface area contributed by atoms with E-state index >= 15 is 0 Å². The Balaban J connectivity index is 1.44. The molecule has 0 atom stereocenters. The predicted molar refractivity (Wildman–Crippen MR) is 107 cm³/mol. The maximum absolute atomic E-state index is 11.9. The maximum atomic E-state index is 11.9. The second-order valence-corrected chi connectivity index (χ2v) is 6.56. The normalized spacial score (nSPS) is 14.8. The molecule has 1 amide bonds. The topological polar surface area (TPSA) is 54.0 Å². The van der Waals surface area contributed by atoms with E-state index < -0.39 is 6.09 Å². The SMILES string of the molecule is COCCN1CCN(c2ccc(NC(=O)OCc3ccccc3)cc2)CC1. The Labute approximate surface area is 160 Å². The van der Waals surface area contributed by atoms with Crippen LogP contribution in [0.25, 0.3) is 0 Å². The third kappa shape index (κ3) is 5.98. The summed E-state index contributed by atoms with van der Waals surface area (Å²) in [7, 11) is 1.74. The molecule has 27 heavy (non-hydrogen) atoms. The number of carbonyl (C=O) groups excluding carboxylic acids is 1. The number of rotatable bonds is 7. The summed E-state index contributed by atoms with van der Waals surface area (Å²) in [4.78, 5) is 16.7. The van der Waals surface area contributed by atoms with Gasteiger partial charge in [-0.15, -0.1) is 0 Å². The molecule has 6 heteroatoms. The van der Waals surface area contributed by atoms with Crippen LogP contribution in [0, 0.1) is 0 Å². The molecule has 3 rings (SSSR count). The molecule has 1 aliphatic heterocycles. The van der Waals surface area contributed by atoms with E-state index in [1.807, 2.05) is 54.6 Å². The van der Waals surface area contributed by atoms with Gasteiger partial charge in [0.2, 0.25) is 0 Å². The zero-order valence-electron chi connectivity index (χ0n) is 15.8. The van der Waals surface area contributed by atoms with Crippen LogP contribution in [0.3, 0.4) is 0 Å². The van der Waals surface area contributed by atoms with Crippen molar-refractivity contribution in [3.63, 3.8) is 0 Å². The summed E-state index contributed by atoms with van der Waals surface area (Å²) in [5.41, 5.74) is 2.87. The minimum atomic E-state index is -0.446. The number of methoxy groups -OCH3 is 1. The van der Waals surface area contributed by atoms with Gasteiger partial charge in [-0.25, -0.2) is 4.79 Å². The second-order valence-electron chi connectivity index (χ2n) is 6.56. The smallest absolute Gasteiger partial charge is 0.411 e. The Kier molecular flexibility index (Phi) is 7.07. The first-order chi connectivity index (χ1) is 13.2. The number of piperazine rings is 1. The molecule has 0 aromatic heterocycles. The van der Waals surface area contributed by atoms with Crippen LogP contribution in [0.15, 0.2) is 54.6 Å². The first-order valence-electron chi connectivity index (χ1n) is 9.28. The van der Waals surface area contributed by atoms with E-state index in [2.05, 4.69) is 15.1 Å². The Hall–Kier alpha value is -2.57. The Bertz CT molecular complexity index is 698. The van der Waals surface area contributed by atoms with Crippen LogP contribution in [-0.4, -0.2) is 57.4 Å². The fraction of sp³-hybridized carbons (Fsp3) is 0.381. The number of carbonyl (C=O) groups is 1. The molecule has 0 unspecified atom stereocenters. The lowest BCUT2D eigenvalue weighted by Crippen LogP contribution is -2.47. The van der Waals surface area contributed by atoms with E-state index in [0.717, 1.165) is 50.6 Å². The van der Waals surface area contributed by atoms with Crippen LogP contribution in [-0.2, 0) is 16.1 Å². The minimum absolute atomic E-state index is 0.262. The van der Waals surface area contributed by atoms with Gasteiger partial charge in [-0.05, 0) is 29.8 Å². The van der Waals surface area contributed by atoms with E-state index in [4.69, 9.17) is 9.47 Å². The molecule has 6 nitrogen and oxygen atoms in total. The highest BCUT2D eigenvalue weighted by atomic mass is 16.5. The van der Waals surface area contributed by atoms with Gasteiger partial charge in [-0.1, -0.05) is 30.3 Å². The minimum Gasteiger partial charge on any atom is -0.444 e. The molecule has 0 radical (unpaired) electrons. The molecule has 2 aromatic rings. The van der Waals surface area contributed by atoms with E-state index in [1.165, 1.54) is 5.69 Å². The predicted octanol–water partition coefficient (Wildman–Crippen LogP) is 3.20. The van der Waals surface area contributed by atoms with Gasteiger partial charge in [-0.2, -0.15) is 0 Å². The van der Waals surface area contributed by atoms with Crippen molar-refractivity contribution in [2.24, 2.45) is 0 Å². The van der Waals surface area contributed by atoms with Crippen molar-refractivity contribution in [3.8, 4) is 0 Å². The number of nitrogens with zero attached hydrogens (tertiary/aromatic N) is 2. The number of hydrogen-bond donors (Lipinski definition) is 1. The van der Waals surface area contributed by atoms with E-state index in [0.29, 0.717) is 0 Å². The first kappa shape index (κ1) is 19.2. The van der Waals surface area contributed by atoms with Gasteiger partial charge in [-0.3, -0.25) is 10.2 Å². The number of ether oxygens (including phenoxy) is 2. The van der Waals surface area contributed by atoms with Crippen LogP contribution < -0.4 is 10.2 Å². The summed E-state index contributed by atoms with van der Waals surface area (Å²) < 4.78 is 10.4. The summed E-state index contributed by atoms with van der Waals surface area (Å²) in [6.45, 7) is 6.09. The zero-order chi connectivity index (χ0) is 18.9. The highest BCUT2D eigenvalue weighted by Gasteiger charge is 2.16. The van der Waals surface area contributed by atoms with Crippen molar-refractivity contribution in [3.05, 3.63) is 60.2 Å². The van der Waals surface area contributed by atoms with Gasteiger partial charge in [0, 0.05) is 51.2 Å². The van der Waals surface area contributed by atoms with Gasteiger partial charge in [0.15, 0.2) is 0 Å². The van der Waals surface area contributed by atoms with Crippen molar-refractivity contribution >= 4 is 17.5 Å². The van der Waals surface area contributed by atoms with Crippen LogP contribution in [0.4, 0.5) is 16.2 Å². The third-order valence-corrected chi connectivity index (χ3v) is 4.68. The Morgan fingerprint density at radius 1 is 1.00 bits per heavy atom. The number of amides is 1. The average molecular weight is 369 g/mol. The average Bonchev–Trinajstić information content (AvgIpc) is 2.72. The van der Waals surface area contributed by atoms with Gasteiger partial charge >= 0.3 is 6.09 Å². The number of benzene rings is 2. The molecule has 1 aliphatic rings. The molecule has 144 valence electrons. The Morgan fingerprint density at radius 2 is 1.70 bits per heavy atom. The molecule has 1 N–H and O–H groups in total. The number of hydrogen-bond acceptors (Lipinski definition) is 5. The Morgan fingerprint density at radius 3 is 2.37 bits per heavy atom. The van der Waals surface area contributed by atoms with Crippen LogP contribution in [0.2, 0.25) is 0 Å². The van der Waals surface area contributed by atoms with Gasteiger partial charge in [0.1, 0.15) is 6.61 Å². The first-order valence-corrected chi connectivity index (χ1v) is 9.28. The fourth-order valence-electron chi connectivity index (χ4n) is 3.08. The fourth-order valence-corrected chi connectivity index (χ4v) is 3.08. The quantitative estimate of drug-likeness (QED) is 0.812. The van der Waals surface area contributed by atoms with Crippen molar-refractivity contribution < 1.29 is 14.3 Å². The molecule has 1 heterocycles. The molecule has 0 aliphatic carbocycles. The highest BCUT2D eigenvalue weighted by Crippen LogP contribution is 2.19. The number of nitrogens with one attached hydrogen (secondary N) is 1. The molecule has 2 aromatic carbocycles. The maximum Gasteiger partial charge on any atom is 0.411 e. The van der Waals surface area contributed by atoms with E-state index in [9.17, 15) is 4.79 Å². The summed E-state index contributed by atoms with van der Waals surface area (Å²) in [5.74, 6) is 0. The molecular formula is C21H27N3O3. The monoisotopic (exact) mass is 369 g/mol. The highest BCUT2D eigenvalue weighted by molar-refractivity contribution is 5.84. The van der Waals surface area contributed by atoms with Crippen LogP contribution >= 0.6 is 0 Å². The summed E-state index contributed by atoms with van der Waals surface area (Å²) in [6, 6.07) is 17.5. The molecular weight excluding hydrogens is 342 g/mol. The lowest BCUT2D eigenvalue weighted by molar-refractivity contribution is 0.144. The summed E-state index contributed by atoms with van der Waals surface area (Å²) in [5, 5.41) is 2.77. The van der Waals surface area contributed by atoms with Gasteiger partial charge < -0.3 is 14.4 Å². The van der Waals surface area contributed by atoms with E-state index in [1.54, 1.807) is 7.11 Å². The van der Waals surface area contributed by atoms with Crippen LogP contribution in [0.5, 0.6) is 0 Å².